The number of pyridine rings is 1. The molecule has 1 aliphatic rings. The van der Waals surface area contributed by atoms with Crippen molar-refractivity contribution in [1.29, 1.82) is 0 Å². The summed E-state index contributed by atoms with van der Waals surface area (Å²) in [5, 5.41) is 4.12. The van der Waals surface area contributed by atoms with Crippen LogP contribution >= 0.6 is 12.2 Å². The second-order valence-electron chi connectivity index (χ2n) is 9.07. The van der Waals surface area contributed by atoms with E-state index < -0.39 is 0 Å². The van der Waals surface area contributed by atoms with Gasteiger partial charge in [0.1, 0.15) is 5.82 Å². The highest BCUT2D eigenvalue weighted by molar-refractivity contribution is 7.80. The Kier molecular flexibility index (Phi) is 6.15. The summed E-state index contributed by atoms with van der Waals surface area (Å²) in [7, 11) is 0. The Morgan fingerprint density at radius 1 is 1.00 bits per heavy atom. The molecule has 3 heterocycles. The second-order valence-corrected chi connectivity index (χ2v) is 9.46. The molecule has 6 heteroatoms. The number of hydrogen-bond acceptors (Lipinski definition) is 2. The fourth-order valence-corrected chi connectivity index (χ4v) is 5.56. The van der Waals surface area contributed by atoms with Crippen LogP contribution in [0.5, 0.6) is 0 Å². The average molecular weight is 485 g/mol. The number of para-hydroxylation sites is 1. The van der Waals surface area contributed by atoms with E-state index >= 15 is 0 Å². The highest BCUT2D eigenvalue weighted by Gasteiger charge is 2.42. The second kappa shape index (κ2) is 9.27. The van der Waals surface area contributed by atoms with Crippen molar-refractivity contribution in [2.45, 2.75) is 46.2 Å². The van der Waals surface area contributed by atoms with E-state index in [9.17, 15) is 4.39 Å². The van der Waals surface area contributed by atoms with Gasteiger partial charge in [0.15, 0.2) is 5.11 Å². The Labute approximate surface area is 211 Å². The van der Waals surface area contributed by atoms with Crippen LogP contribution in [0.3, 0.4) is 0 Å². The summed E-state index contributed by atoms with van der Waals surface area (Å²) in [6, 6.07) is 21.6. The molecule has 0 bridgehead atoms. The first kappa shape index (κ1) is 23.2. The zero-order valence-electron chi connectivity index (χ0n) is 20.4. The molecule has 35 heavy (non-hydrogen) atoms. The fraction of sp³-hybridized carbons (Fsp3) is 0.241. The van der Waals surface area contributed by atoms with Crippen molar-refractivity contribution in [3.63, 3.8) is 0 Å². The molecule has 0 amide bonds. The number of nitrogens with one attached hydrogen (secondary N) is 1. The normalized spacial score (nSPS) is 17.6. The van der Waals surface area contributed by atoms with E-state index in [2.05, 4.69) is 70.9 Å². The molecule has 1 saturated heterocycles. The Morgan fingerprint density at radius 2 is 1.77 bits per heavy atom. The van der Waals surface area contributed by atoms with Gasteiger partial charge in [-0.15, -0.1) is 0 Å². The first-order valence-corrected chi connectivity index (χ1v) is 12.4. The number of aromatic nitrogens is 2. The van der Waals surface area contributed by atoms with E-state index in [4.69, 9.17) is 12.2 Å². The lowest BCUT2D eigenvalue weighted by Crippen LogP contribution is -2.29. The van der Waals surface area contributed by atoms with Crippen molar-refractivity contribution in [3.8, 4) is 5.69 Å². The number of halogens is 1. The minimum atomic E-state index is -0.223. The van der Waals surface area contributed by atoms with E-state index in [-0.39, 0.29) is 17.9 Å². The van der Waals surface area contributed by atoms with Crippen LogP contribution in [0.15, 0.2) is 72.9 Å². The summed E-state index contributed by atoms with van der Waals surface area (Å²) < 4.78 is 16.5. The Bertz CT molecular complexity index is 1400. The molecule has 0 aliphatic carbocycles. The number of anilines is 1. The van der Waals surface area contributed by atoms with Crippen LogP contribution in [0.1, 0.15) is 52.8 Å². The molecule has 1 fully saturated rings. The maximum Gasteiger partial charge on any atom is 0.174 e. The van der Waals surface area contributed by atoms with Crippen LogP contribution in [-0.2, 0) is 6.42 Å². The number of aryl methyl sites for hydroxylation is 3. The van der Waals surface area contributed by atoms with Gasteiger partial charge in [0.2, 0.25) is 0 Å². The maximum absolute atomic E-state index is 14.1. The molecule has 2 atom stereocenters. The predicted octanol–water partition coefficient (Wildman–Crippen LogP) is 6.68. The standard InChI is InChI=1S/C29H29FN4S/c1-5-21-10-6-7-12-26(21)33-19(3)17-23(20(33)4)28-27(25-11-8-9-15-31-25)32-29(35)34(28)22-13-14-24(30)18(2)16-22/h6-17,27-28H,5H2,1-4H3,(H,32,35)/t27-,28-/m1/s1. The molecule has 1 aliphatic heterocycles. The Morgan fingerprint density at radius 3 is 2.49 bits per heavy atom. The fourth-order valence-electron chi connectivity index (χ4n) is 5.21. The zero-order chi connectivity index (χ0) is 24.7. The van der Waals surface area contributed by atoms with Gasteiger partial charge in [-0.1, -0.05) is 31.2 Å². The molecule has 5 rings (SSSR count). The van der Waals surface area contributed by atoms with Gasteiger partial charge in [-0.25, -0.2) is 4.39 Å². The van der Waals surface area contributed by atoms with E-state index in [1.54, 1.807) is 13.0 Å². The summed E-state index contributed by atoms with van der Waals surface area (Å²) in [5.41, 5.74) is 8.35. The summed E-state index contributed by atoms with van der Waals surface area (Å²) in [4.78, 5) is 6.77. The van der Waals surface area contributed by atoms with Crippen molar-refractivity contribution in [1.82, 2.24) is 14.9 Å². The first-order valence-electron chi connectivity index (χ1n) is 11.9. The van der Waals surface area contributed by atoms with Crippen LogP contribution in [0.2, 0.25) is 0 Å². The van der Waals surface area contributed by atoms with E-state index in [1.807, 2.05) is 30.5 Å². The largest absolute Gasteiger partial charge is 0.351 e. The van der Waals surface area contributed by atoms with Gasteiger partial charge in [0, 0.05) is 29.0 Å². The topological polar surface area (TPSA) is 33.1 Å². The third-order valence-electron chi connectivity index (χ3n) is 6.92. The van der Waals surface area contributed by atoms with Crippen LogP contribution in [0.4, 0.5) is 10.1 Å². The van der Waals surface area contributed by atoms with Crippen molar-refractivity contribution >= 4 is 23.0 Å². The van der Waals surface area contributed by atoms with Gasteiger partial charge in [-0.3, -0.25) is 4.98 Å². The minimum absolute atomic E-state index is 0.143. The number of nitrogens with zero attached hydrogens (tertiary/aromatic N) is 3. The number of benzene rings is 2. The molecule has 4 aromatic rings. The summed E-state index contributed by atoms with van der Waals surface area (Å²) in [6.45, 7) is 8.28. The minimum Gasteiger partial charge on any atom is -0.351 e. The van der Waals surface area contributed by atoms with Crippen LogP contribution in [0, 0.1) is 26.6 Å². The quantitative estimate of drug-likeness (QED) is 0.321. The van der Waals surface area contributed by atoms with E-state index in [1.165, 1.54) is 22.9 Å². The van der Waals surface area contributed by atoms with Crippen LogP contribution < -0.4 is 10.2 Å². The lowest BCUT2D eigenvalue weighted by molar-refractivity contribution is 0.564. The number of hydrogen-bond donors (Lipinski definition) is 1. The number of rotatable bonds is 5. The summed E-state index contributed by atoms with van der Waals surface area (Å²) in [6.07, 6.45) is 2.76. The molecule has 2 aromatic heterocycles. The molecule has 0 saturated carbocycles. The van der Waals surface area contributed by atoms with Gasteiger partial charge < -0.3 is 14.8 Å². The van der Waals surface area contributed by atoms with Gasteiger partial charge in [-0.2, -0.15) is 0 Å². The molecule has 2 aromatic carbocycles. The van der Waals surface area contributed by atoms with Crippen molar-refractivity contribution in [3.05, 3.63) is 113 Å². The van der Waals surface area contributed by atoms with Crippen molar-refractivity contribution < 1.29 is 4.39 Å². The molecule has 178 valence electrons. The average Bonchev–Trinajstić information content (AvgIpc) is 3.36. The third-order valence-corrected chi connectivity index (χ3v) is 7.23. The van der Waals surface area contributed by atoms with Crippen LogP contribution in [0.25, 0.3) is 5.69 Å². The monoisotopic (exact) mass is 484 g/mol. The summed E-state index contributed by atoms with van der Waals surface area (Å²) in [5.74, 6) is -0.223. The first-order chi connectivity index (χ1) is 16.9. The number of thiocarbonyl (C=S) groups is 1. The Hall–Kier alpha value is -3.51. The van der Waals surface area contributed by atoms with E-state index in [0.29, 0.717) is 10.7 Å². The maximum atomic E-state index is 14.1. The highest BCUT2D eigenvalue weighted by Crippen LogP contribution is 2.44. The van der Waals surface area contributed by atoms with E-state index in [0.717, 1.165) is 29.2 Å². The predicted molar refractivity (Wildman–Crippen MR) is 144 cm³/mol. The Balaban J connectivity index is 1.70. The van der Waals surface area contributed by atoms with Crippen molar-refractivity contribution in [2.24, 2.45) is 0 Å². The molecule has 0 radical (unpaired) electrons. The van der Waals surface area contributed by atoms with Crippen LogP contribution in [-0.4, -0.2) is 14.7 Å². The smallest absolute Gasteiger partial charge is 0.174 e. The molecule has 4 nitrogen and oxygen atoms in total. The zero-order valence-corrected chi connectivity index (χ0v) is 21.2. The van der Waals surface area contributed by atoms with Gasteiger partial charge in [0.05, 0.1) is 17.8 Å². The molecule has 1 N–H and O–H groups in total. The molecule has 0 unspecified atom stereocenters. The van der Waals surface area contributed by atoms with Gasteiger partial charge in [0.25, 0.3) is 0 Å². The molecular formula is C29H29FN4S. The lowest BCUT2D eigenvalue weighted by atomic mass is 9.96. The highest BCUT2D eigenvalue weighted by atomic mass is 32.1. The molecular weight excluding hydrogens is 455 g/mol. The third kappa shape index (κ3) is 4.02. The molecule has 0 spiro atoms. The summed E-state index contributed by atoms with van der Waals surface area (Å²) >= 11 is 5.86. The van der Waals surface area contributed by atoms with Gasteiger partial charge >= 0.3 is 0 Å². The van der Waals surface area contributed by atoms with Gasteiger partial charge in [-0.05, 0) is 98.6 Å². The van der Waals surface area contributed by atoms with Crippen molar-refractivity contribution in [2.75, 3.05) is 4.90 Å². The lowest BCUT2D eigenvalue weighted by Gasteiger charge is -2.28. The SMILES string of the molecule is CCc1ccccc1-n1c(C)cc([C@@H]2[C@@H](c3ccccn3)NC(=S)N2c2ccc(F)c(C)c2)c1C.